The molecule has 9 heteroatoms. The number of amides is 2. The Kier molecular flexibility index (Phi) is 6.45. The lowest BCUT2D eigenvalue weighted by Crippen LogP contribution is -2.35. The standard InChI is InChI=1S/C18H17N3O5S/c1-10(15(22)20-11(2)18(24)26-4)19-16(23)14-9-27-17(21-14)12-5-7-13(25-3)8-6-12/h5-9H,1-2H2,3-4H3,(H,19,23)(H,20,22). The van der Waals surface area contributed by atoms with Crippen molar-refractivity contribution >= 4 is 29.1 Å². The van der Waals surface area contributed by atoms with Crippen LogP contribution in [0.25, 0.3) is 10.6 Å². The van der Waals surface area contributed by atoms with E-state index in [1.807, 2.05) is 12.1 Å². The van der Waals surface area contributed by atoms with E-state index < -0.39 is 17.8 Å². The lowest BCUT2D eigenvalue weighted by atomic mass is 10.2. The third-order valence-electron chi connectivity index (χ3n) is 3.31. The van der Waals surface area contributed by atoms with E-state index in [4.69, 9.17) is 4.74 Å². The van der Waals surface area contributed by atoms with Crippen LogP contribution in [0.1, 0.15) is 10.5 Å². The zero-order chi connectivity index (χ0) is 20.0. The van der Waals surface area contributed by atoms with Crippen molar-refractivity contribution in [3.8, 4) is 16.3 Å². The van der Waals surface area contributed by atoms with Crippen LogP contribution < -0.4 is 15.4 Å². The third-order valence-corrected chi connectivity index (χ3v) is 4.20. The topological polar surface area (TPSA) is 107 Å². The predicted octanol–water partition coefficient (Wildman–Crippen LogP) is 1.87. The number of carbonyl (C=O) groups excluding carboxylic acids is 3. The Morgan fingerprint density at radius 1 is 1.04 bits per heavy atom. The first-order valence-electron chi connectivity index (χ1n) is 7.54. The average molecular weight is 387 g/mol. The highest BCUT2D eigenvalue weighted by Gasteiger charge is 2.18. The van der Waals surface area contributed by atoms with E-state index in [1.165, 1.54) is 11.3 Å². The number of rotatable bonds is 7. The smallest absolute Gasteiger partial charge is 0.353 e. The number of hydrogen-bond donors (Lipinski definition) is 2. The largest absolute Gasteiger partial charge is 0.497 e. The molecule has 0 unspecified atom stereocenters. The lowest BCUT2D eigenvalue weighted by molar-refractivity contribution is -0.137. The molecule has 27 heavy (non-hydrogen) atoms. The first-order chi connectivity index (χ1) is 12.8. The molecule has 1 heterocycles. The number of benzene rings is 1. The number of methoxy groups -OCH3 is 2. The van der Waals surface area contributed by atoms with Crippen molar-refractivity contribution in [2.24, 2.45) is 0 Å². The molecule has 8 nitrogen and oxygen atoms in total. The molecule has 0 saturated heterocycles. The zero-order valence-corrected chi connectivity index (χ0v) is 15.5. The summed E-state index contributed by atoms with van der Waals surface area (Å²) in [6.07, 6.45) is 0. The van der Waals surface area contributed by atoms with Gasteiger partial charge in [-0.05, 0) is 24.3 Å². The van der Waals surface area contributed by atoms with Gasteiger partial charge >= 0.3 is 5.97 Å². The summed E-state index contributed by atoms with van der Waals surface area (Å²) < 4.78 is 9.52. The van der Waals surface area contributed by atoms with E-state index in [9.17, 15) is 14.4 Å². The molecule has 0 atom stereocenters. The predicted molar refractivity (Wildman–Crippen MR) is 100 cm³/mol. The molecule has 0 spiro atoms. The number of nitrogens with zero attached hydrogens (tertiary/aromatic N) is 1. The van der Waals surface area contributed by atoms with E-state index in [-0.39, 0.29) is 17.1 Å². The van der Waals surface area contributed by atoms with Gasteiger partial charge in [0.25, 0.3) is 11.8 Å². The van der Waals surface area contributed by atoms with E-state index in [0.29, 0.717) is 10.8 Å². The van der Waals surface area contributed by atoms with Gasteiger partial charge in [0, 0.05) is 10.9 Å². The summed E-state index contributed by atoms with van der Waals surface area (Å²) in [4.78, 5) is 39.6. The van der Waals surface area contributed by atoms with Crippen LogP contribution >= 0.6 is 11.3 Å². The molecule has 2 rings (SSSR count). The Balaban J connectivity index is 2.00. The number of hydrogen-bond acceptors (Lipinski definition) is 7. The van der Waals surface area contributed by atoms with Crippen molar-refractivity contribution in [2.45, 2.75) is 0 Å². The Hall–Kier alpha value is -3.46. The second-order valence-corrected chi connectivity index (χ2v) is 5.98. The number of thiazole rings is 1. The molecule has 1 aromatic carbocycles. The molecular weight excluding hydrogens is 370 g/mol. The van der Waals surface area contributed by atoms with E-state index in [2.05, 4.69) is 33.5 Å². The van der Waals surface area contributed by atoms with Gasteiger partial charge in [-0.15, -0.1) is 11.3 Å². The molecule has 2 aromatic rings. The molecule has 0 radical (unpaired) electrons. The van der Waals surface area contributed by atoms with Crippen LogP contribution in [0.4, 0.5) is 0 Å². The monoisotopic (exact) mass is 387 g/mol. The number of aromatic nitrogens is 1. The fourth-order valence-corrected chi connectivity index (χ4v) is 2.69. The Bertz CT molecular complexity index is 902. The van der Waals surface area contributed by atoms with Crippen molar-refractivity contribution in [1.29, 1.82) is 0 Å². The summed E-state index contributed by atoms with van der Waals surface area (Å²) in [6.45, 7) is 6.82. The number of nitrogens with one attached hydrogen (secondary N) is 2. The molecule has 0 aliphatic rings. The summed E-state index contributed by atoms with van der Waals surface area (Å²) in [6, 6.07) is 7.22. The molecule has 0 fully saturated rings. The third kappa shape index (κ3) is 5.02. The van der Waals surface area contributed by atoms with Gasteiger partial charge in [0.05, 0.1) is 19.9 Å². The number of ether oxygens (including phenoxy) is 2. The molecule has 2 N–H and O–H groups in total. The Labute approximate surface area is 159 Å². The first kappa shape index (κ1) is 19.9. The quantitative estimate of drug-likeness (QED) is 0.555. The zero-order valence-electron chi connectivity index (χ0n) is 14.7. The summed E-state index contributed by atoms with van der Waals surface area (Å²) in [5, 5.41) is 6.70. The van der Waals surface area contributed by atoms with Gasteiger partial charge < -0.3 is 20.1 Å². The van der Waals surface area contributed by atoms with Gasteiger partial charge in [-0.1, -0.05) is 13.2 Å². The van der Waals surface area contributed by atoms with Crippen LogP contribution in [0.15, 0.2) is 54.2 Å². The Morgan fingerprint density at radius 3 is 2.30 bits per heavy atom. The molecule has 2 amide bonds. The fourth-order valence-electron chi connectivity index (χ4n) is 1.89. The minimum Gasteiger partial charge on any atom is -0.497 e. The lowest BCUT2D eigenvalue weighted by Gasteiger charge is -2.09. The maximum absolute atomic E-state index is 12.2. The van der Waals surface area contributed by atoms with Crippen molar-refractivity contribution < 1.29 is 23.9 Å². The van der Waals surface area contributed by atoms with Crippen LogP contribution in [0.5, 0.6) is 5.75 Å². The van der Waals surface area contributed by atoms with E-state index >= 15 is 0 Å². The highest BCUT2D eigenvalue weighted by atomic mass is 32.1. The minimum atomic E-state index is -0.800. The second-order valence-electron chi connectivity index (χ2n) is 5.12. The normalized spacial score (nSPS) is 9.85. The number of esters is 1. The van der Waals surface area contributed by atoms with E-state index in [1.54, 1.807) is 24.6 Å². The maximum Gasteiger partial charge on any atom is 0.353 e. The minimum absolute atomic E-state index is 0.131. The summed E-state index contributed by atoms with van der Waals surface area (Å²) in [5.41, 5.74) is 0.426. The Morgan fingerprint density at radius 2 is 1.70 bits per heavy atom. The van der Waals surface area contributed by atoms with Gasteiger partial charge in [-0.3, -0.25) is 9.59 Å². The second kappa shape index (κ2) is 8.77. The average Bonchev–Trinajstić information content (AvgIpc) is 3.17. The fraction of sp³-hybridized carbons (Fsp3) is 0.111. The molecule has 1 aromatic heterocycles. The van der Waals surface area contributed by atoms with Crippen LogP contribution in [-0.2, 0) is 14.3 Å². The van der Waals surface area contributed by atoms with Gasteiger partial charge in [-0.2, -0.15) is 0 Å². The summed E-state index contributed by atoms with van der Waals surface area (Å²) in [7, 11) is 2.73. The molecule has 0 saturated carbocycles. The summed E-state index contributed by atoms with van der Waals surface area (Å²) >= 11 is 1.28. The van der Waals surface area contributed by atoms with Gasteiger partial charge in [-0.25, -0.2) is 9.78 Å². The number of carbonyl (C=O) groups is 3. The highest BCUT2D eigenvalue weighted by Crippen LogP contribution is 2.25. The van der Waals surface area contributed by atoms with Crippen LogP contribution in [0, 0.1) is 0 Å². The summed E-state index contributed by atoms with van der Waals surface area (Å²) in [5.74, 6) is -1.48. The maximum atomic E-state index is 12.2. The van der Waals surface area contributed by atoms with Crippen LogP contribution in [0.3, 0.4) is 0 Å². The van der Waals surface area contributed by atoms with Gasteiger partial charge in [0.2, 0.25) is 0 Å². The van der Waals surface area contributed by atoms with Crippen LogP contribution in [-0.4, -0.2) is 37.0 Å². The molecule has 0 bridgehead atoms. The van der Waals surface area contributed by atoms with Gasteiger partial charge in [0.1, 0.15) is 22.1 Å². The highest BCUT2D eigenvalue weighted by molar-refractivity contribution is 7.13. The van der Waals surface area contributed by atoms with Gasteiger partial charge in [0.15, 0.2) is 0 Å². The van der Waals surface area contributed by atoms with Crippen molar-refractivity contribution in [2.75, 3.05) is 14.2 Å². The van der Waals surface area contributed by atoms with Crippen molar-refractivity contribution in [3.05, 3.63) is 59.9 Å². The SMILES string of the molecule is C=C(NC(=O)c1csc(-c2ccc(OC)cc2)n1)C(=O)NC(=C)C(=O)OC. The van der Waals surface area contributed by atoms with Crippen molar-refractivity contribution in [3.63, 3.8) is 0 Å². The molecule has 0 aliphatic carbocycles. The van der Waals surface area contributed by atoms with Crippen molar-refractivity contribution in [1.82, 2.24) is 15.6 Å². The molecular formula is C18H17N3O5S. The molecule has 0 aliphatic heterocycles. The first-order valence-corrected chi connectivity index (χ1v) is 8.42. The van der Waals surface area contributed by atoms with Crippen LogP contribution in [0.2, 0.25) is 0 Å². The van der Waals surface area contributed by atoms with E-state index in [0.717, 1.165) is 12.7 Å². The molecule has 140 valence electrons.